The number of nitrogens with two attached hydrogens (primary N) is 1. The number of alkyl halides is 3. The zero-order valence-corrected chi connectivity index (χ0v) is 28.1. The molecule has 2 bridgehead atoms. The van der Waals surface area contributed by atoms with Crippen LogP contribution < -0.4 is 5.73 Å². The number of allylic oxidation sites excluding steroid dienone is 1. The van der Waals surface area contributed by atoms with Gasteiger partial charge in [-0.3, -0.25) is 24.2 Å². The predicted octanol–water partition coefficient (Wildman–Crippen LogP) is 4.03. The lowest BCUT2D eigenvalue weighted by molar-refractivity contribution is -0.148. The minimum absolute atomic E-state index is 0.0541. The minimum atomic E-state index is -4.89. The Kier molecular flexibility index (Phi) is 7.67. The molecule has 1 aromatic carbocycles. The molecule has 0 aliphatic heterocycles. The van der Waals surface area contributed by atoms with Crippen LogP contribution in [-0.4, -0.2) is 86.5 Å². The summed E-state index contributed by atoms with van der Waals surface area (Å²) in [6, 6.07) is -0.245. The highest BCUT2D eigenvalue weighted by Crippen LogP contribution is 2.65. The molecule has 8 rings (SSSR count). The van der Waals surface area contributed by atoms with Crippen molar-refractivity contribution in [1.29, 1.82) is 0 Å². The summed E-state index contributed by atoms with van der Waals surface area (Å²) in [4.78, 5) is 43.3. The van der Waals surface area contributed by atoms with Crippen LogP contribution in [0.2, 0.25) is 0 Å². The number of primary amides is 1. The number of fused-ring (bicyclic) bond motifs is 4. The Balaban J connectivity index is 1.30. The van der Waals surface area contributed by atoms with E-state index < -0.39 is 98.7 Å². The molecule has 0 radical (unpaired) electrons. The second kappa shape index (κ2) is 11.0. The Labute approximate surface area is 282 Å². The summed E-state index contributed by atoms with van der Waals surface area (Å²) in [6.07, 6.45) is -1.38. The summed E-state index contributed by atoms with van der Waals surface area (Å²) in [5.74, 6) is -6.95. The van der Waals surface area contributed by atoms with Crippen LogP contribution in [0, 0.1) is 40.9 Å². The fourth-order valence-corrected chi connectivity index (χ4v) is 10.3. The van der Waals surface area contributed by atoms with Gasteiger partial charge in [-0.05, 0) is 105 Å². The molecule has 0 saturated heterocycles. The molecule has 7 aliphatic rings. The van der Waals surface area contributed by atoms with Crippen molar-refractivity contribution in [3.63, 3.8) is 0 Å². The van der Waals surface area contributed by atoms with Crippen molar-refractivity contribution in [1.82, 2.24) is 9.80 Å². The fraction of sp³-hybridized carbons (Fsp3) is 0.639. The number of amides is 1. The molecule has 10 nitrogen and oxygen atoms in total. The molecule has 7 atom stereocenters. The molecule has 0 spiro atoms. The van der Waals surface area contributed by atoms with Crippen LogP contribution in [0.25, 0.3) is 0 Å². The maximum atomic E-state index is 15.2. The molecular formula is C36H44F3N3O7. The number of nitrogens with zero attached hydrogens (tertiary/aromatic N) is 2. The Morgan fingerprint density at radius 3 is 2.24 bits per heavy atom. The molecule has 4 fully saturated rings. The van der Waals surface area contributed by atoms with Crippen molar-refractivity contribution < 1.29 is 48.0 Å². The monoisotopic (exact) mass is 687 g/mol. The van der Waals surface area contributed by atoms with Gasteiger partial charge in [-0.1, -0.05) is 13.8 Å². The third-order valence-electron chi connectivity index (χ3n) is 12.9. The molecule has 2 unspecified atom stereocenters. The van der Waals surface area contributed by atoms with Gasteiger partial charge in [-0.2, -0.15) is 13.2 Å². The lowest BCUT2D eigenvalue weighted by Crippen LogP contribution is -2.63. The number of ketones is 2. The van der Waals surface area contributed by atoms with E-state index in [1.54, 1.807) is 0 Å². The molecule has 0 heterocycles. The standard InChI is InChI=1S/C36H44F3N3O7/c1-34(2)19-7-17(21(34)11-19)13-42(12-15-5-6-15)14-18-10-23(43)25-20(27(18)36(37,38)39)8-16-9-22-28(41(3)4)30(45)26(33(40)48)32(47)35(22,49)31(46)24(16)29(25)44/h10,15-17,19,21-22,28,43,45-46,49H,5-9,11-14H2,1-4H3,(H2,40,48)/t16-,17+,19?,21?,22-,28-,35-/m0/s1. The van der Waals surface area contributed by atoms with Crippen molar-refractivity contribution in [2.45, 2.75) is 76.7 Å². The Hall–Kier alpha value is -3.42. The Morgan fingerprint density at radius 1 is 1.04 bits per heavy atom. The second-order valence-electron chi connectivity index (χ2n) is 16.2. The van der Waals surface area contributed by atoms with Gasteiger partial charge in [0.25, 0.3) is 5.91 Å². The first-order chi connectivity index (χ1) is 22.8. The summed E-state index contributed by atoms with van der Waals surface area (Å²) in [6.45, 7) is 5.78. The van der Waals surface area contributed by atoms with Crippen molar-refractivity contribution in [3.05, 3.63) is 51.0 Å². The number of carbonyl (C=O) groups is 3. The minimum Gasteiger partial charge on any atom is -0.510 e. The highest BCUT2D eigenvalue weighted by Gasteiger charge is 2.64. The first-order valence-corrected chi connectivity index (χ1v) is 17.1. The number of halogens is 3. The van der Waals surface area contributed by atoms with E-state index in [9.17, 15) is 34.8 Å². The van der Waals surface area contributed by atoms with Gasteiger partial charge in [0.15, 0.2) is 11.4 Å². The third-order valence-corrected chi connectivity index (χ3v) is 12.9. The van der Waals surface area contributed by atoms with Crippen molar-refractivity contribution >= 4 is 17.5 Å². The van der Waals surface area contributed by atoms with Crippen molar-refractivity contribution in [3.8, 4) is 5.75 Å². The van der Waals surface area contributed by atoms with Gasteiger partial charge in [0, 0.05) is 31.1 Å². The van der Waals surface area contributed by atoms with Crippen molar-refractivity contribution in [2.75, 3.05) is 27.2 Å². The summed E-state index contributed by atoms with van der Waals surface area (Å²) >= 11 is 0. The van der Waals surface area contributed by atoms with Gasteiger partial charge in [-0.15, -0.1) is 0 Å². The summed E-state index contributed by atoms with van der Waals surface area (Å²) in [5, 5.41) is 45.5. The van der Waals surface area contributed by atoms with Gasteiger partial charge in [-0.25, -0.2) is 0 Å². The number of benzene rings is 1. The number of likely N-dealkylation sites (N-methyl/N-ethyl adjacent to an activating group) is 1. The highest BCUT2D eigenvalue weighted by atomic mass is 19.4. The fourth-order valence-electron chi connectivity index (χ4n) is 10.3. The van der Waals surface area contributed by atoms with Crippen LogP contribution in [0.5, 0.6) is 5.75 Å². The Bertz CT molecular complexity index is 1730. The molecule has 1 aromatic rings. The van der Waals surface area contributed by atoms with E-state index >= 15 is 13.2 Å². The number of carbonyl (C=O) groups excluding carboxylic acids is 3. The van der Waals surface area contributed by atoms with E-state index in [0.717, 1.165) is 31.7 Å². The average Bonchev–Trinajstić information content (AvgIpc) is 3.61. The van der Waals surface area contributed by atoms with Crippen LogP contribution in [0.4, 0.5) is 13.2 Å². The van der Waals surface area contributed by atoms with E-state index in [-0.39, 0.29) is 23.9 Å². The zero-order valence-electron chi connectivity index (χ0n) is 28.1. The van der Waals surface area contributed by atoms with E-state index in [1.807, 2.05) is 0 Å². The van der Waals surface area contributed by atoms with E-state index in [4.69, 9.17) is 5.73 Å². The van der Waals surface area contributed by atoms with Crippen LogP contribution in [0.3, 0.4) is 0 Å². The molecule has 6 N–H and O–H groups in total. The highest BCUT2D eigenvalue weighted by molar-refractivity contribution is 6.24. The lowest BCUT2D eigenvalue weighted by Gasteiger charge is -2.50. The maximum Gasteiger partial charge on any atom is 0.417 e. The van der Waals surface area contributed by atoms with Crippen molar-refractivity contribution in [2.24, 2.45) is 46.7 Å². The van der Waals surface area contributed by atoms with E-state index in [2.05, 4.69) is 18.7 Å². The molecule has 4 saturated carbocycles. The number of rotatable bonds is 8. The third kappa shape index (κ3) is 4.97. The number of aliphatic hydroxyl groups excluding tert-OH is 2. The molecule has 1 amide bonds. The zero-order chi connectivity index (χ0) is 35.7. The summed E-state index contributed by atoms with van der Waals surface area (Å²) in [7, 11) is 2.98. The maximum absolute atomic E-state index is 15.2. The van der Waals surface area contributed by atoms with Gasteiger partial charge in [0.05, 0.1) is 17.2 Å². The molecular weight excluding hydrogens is 643 g/mol. The van der Waals surface area contributed by atoms with Crippen LogP contribution in [0.1, 0.15) is 73.0 Å². The molecule has 13 heteroatoms. The summed E-state index contributed by atoms with van der Waals surface area (Å²) in [5.41, 5.74) is -0.868. The lowest BCUT2D eigenvalue weighted by atomic mass is 9.58. The first-order valence-electron chi connectivity index (χ1n) is 17.1. The van der Waals surface area contributed by atoms with Gasteiger partial charge in [0.1, 0.15) is 22.8 Å². The van der Waals surface area contributed by atoms with E-state index in [1.165, 1.54) is 19.0 Å². The summed E-state index contributed by atoms with van der Waals surface area (Å²) < 4.78 is 45.5. The number of phenols is 1. The van der Waals surface area contributed by atoms with Crippen LogP contribution in [0.15, 0.2) is 28.7 Å². The second-order valence-corrected chi connectivity index (χ2v) is 16.2. The molecule has 0 aromatic heterocycles. The number of hydrogen-bond acceptors (Lipinski definition) is 9. The number of aliphatic hydroxyl groups is 3. The van der Waals surface area contributed by atoms with Gasteiger partial charge >= 0.3 is 6.18 Å². The topological polar surface area (TPSA) is 165 Å². The van der Waals surface area contributed by atoms with Crippen LogP contribution >= 0.6 is 0 Å². The normalized spacial score (nSPS) is 33.5. The van der Waals surface area contributed by atoms with Crippen LogP contribution in [-0.2, 0) is 28.7 Å². The Morgan fingerprint density at radius 2 is 1.71 bits per heavy atom. The molecule has 7 aliphatic carbocycles. The first kappa shape index (κ1) is 34.0. The average molecular weight is 688 g/mol. The molecule has 49 heavy (non-hydrogen) atoms. The van der Waals surface area contributed by atoms with Gasteiger partial charge in [0.2, 0.25) is 5.78 Å². The quantitative estimate of drug-likeness (QED) is 0.254. The van der Waals surface area contributed by atoms with Gasteiger partial charge < -0.3 is 26.2 Å². The smallest absolute Gasteiger partial charge is 0.417 e. The number of phenolic OH excluding ortho intramolecular Hbond substituents is 1. The van der Waals surface area contributed by atoms with E-state index in [0.29, 0.717) is 36.8 Å². The number of hydrogen-bond donors (Lipinski definition) is 5. The molecule has 266 valence electrons. The number of aromatic hydroxyl groups is 1. The SMILES string of the molecule is CN(C)[C@@H]1C(O)=C(C(N)=O)C(=O)[C@@]2(O)C(O)=C3C(=O)c4c(O)cc(CN(CC5CC5)C[C@H]5CC6CC5C6(C)C)c(C(F)(F)F)c4C[C@H]3C[C@@H]12. The largest absolute Gasteiger partial charge is 0.510 e. The number of Topliss-reactive ketones (excluding diaryl/α,β-unsaturated/α-hetero) is 2. The predicted molar refractivity (Wildman–Crippen MR) is 170 cm³/mol.